The lowest BCUT2D eigenvalue weighted by Crippen LogP contribution is -2.44. The molecular weight excluding hydrogens is 478 g/mol. The number of anilines is 2. The summed E-state index contributed by atoms with van der Waals surface area (Å²) < 4.78 is 3.08. The van der Waals surface area contributed by atoms with E-state index in [9.17, 15) is 14.4 Å². The fourth-order valence-electron chi connectivity index (χ4n) is 3.45. The van der Waals surface area contributed by atoms with Gasteiger partial charge in [-0.05, 0) is 49.2 Å². The first-order valence-electron chi connectivity index (χ1n) is 10.6. The largest absolute Gasteiger partial charge is 0.396 e. The van der Waals surface area contributed by atoms with Gasteiger partial charge in [0.05, 0.1) is 28.3 Å². The van der Waals surface area contributed by atoms with Crippen LogP contribution in [0.1, 0.15) is 23.4 Å². The SMILES string of the molecule is Cc1nc2ccc(Nc3nc(=O)n(CC(=O)CCCO)c(=O)n3Cc3ccc(Cl)cc3)cc2s1. The number of halogens is 1. The summed E-state index contributed by atoms with van der Waals surface area (Å²) in [6.07, 6.45) is 0.326. The highest BCUT2D eigenvalue weighted by atomic mass is 35.5. The minimum atomic E-state index is -0.827. The number of hydrogen-bond acceptors (Lipinski definition) is 8. The van der Waals surface area contributed by atoms with E-state index in [-0.39, 0.29) is 37.7 Å². The van der Waals surface area contributed by atoms with Gasteiger partial charge >= 0.3 is 11.4 Å². The predicted octanol–water partition coefficient (Wildman–Crippen LogP) is 3.11. The van der Waals surface area contributed by atoms with Crippen LogP contribution >= 0.6 is 22.9 Å². The lowest BCUT2D eigenvalue weighted by molar-refractivity contribution is -0.120. The van der Waals surface area contributed by atoms with Crippen LogP contribution in [0, 0.1) is 6.92 Å². The number of fused-ring (bicyclic) bond motifs is 1. The Hall–Kier alpha value is -3.34. The molecule has 0 bridgehead atoms. The monoisotopic (exact) mass is 499 g/mol. The van der Waals surface area contributed by atoms with Crippen molar-refractivity contribution >= 4 is 50.6 Å². The van der Waals surface area contributed by atoms with E-state index in [0.29, 0.717) is 10.7 Å². The average molecular weight is 500 g/mol. The Balaban J connectivity index is 1.75. The number of nitrogens with one attached hydrogen (secondary N) is 1. The van der Waals surface area contributed by atoms with Crippen molar-refractivity contribution in [1.82, 2.24) is 19.1 Å². The van der Waals surface area contributed by atoms with Crippen molar-refractivity contribution in [3.05, 3.63) is 79.0 Å². The zero-order chi connectivity index (χ0) is 24.2. The molecule has 176 valence electrons. The van der Waals surface area contributed by atoms with Crippen LogP contribution in [-0.2, 0) is 17.9 Å². The molecular formula is C23H22ClN5O4S. The second-order valence-electron chi connectivity index (χ2n) is 7.71. The summed E-state index contributed by atoms with van der Waals surface area (Å²) in [7, 11) is 0. The molecule has 0 unspecified atom stereocenters. The number of benzene rings is 2. The Morgan fingerprint density at radius 1 is 1.12 bits per heavy atom. The number of rotatable bonds is 9. The van der Waals surface area contributed by atoms with Gasteiger partial charge in [-0.15, -0.1) is 11.3 Å². The lowest BCUT2D eigenvalue weighted by Gasteiger charge is -2.15. The summed E-state index contributed by atoms with van der Waals surface area (Å²) in [4.78, 5) is 46.7. The first kappa shape index (κ1) is 23.8. The summed E-state index contributed by atoms with van der Waals surface area (Å²) in [5.74, 6) is -0.274. The molecule has 4 aromatic rings. The number of carbonyl (C=O) groups is 1. The van der Waals surface area contributed by atoms with Gasteiger partial charge in [0.2, 0.25) is 5.95 Å². The van der Waals surface area contributed by atoms with Crippen molar-refractivity contribution in [2.75, 3.05) is 11.9 Å². The summed E-state index contributed by atoms with van der Waals surface area (Å²) in [6.45, 7) is 1.48. The molecule has 0 aliphatic rings. The van der Waals surface area contributed by atoms with Gasteiger partial charge in [0.15, 0.2) is 5.78 Å². The third kappa shape index (κ3) is 5.41. The minimum Gasteiger partial charge on any atom is -0.396 e. The van der Waals surface area contributed by atoms with Crippen LogP contribution in [-0.4, -0.2) is 36.6 Å². The molecule has 0 saturated carbocycles. The molecule has 2 aromatic heterocycles. The second kappa shape index (κ2) is 10.3. The number of aromatic nitrogens is 4. The standard InChI is InChI=1S/C23H22ClN5O4S/c1-14-25-19-9-8-17(11-20(19)34-14)26-21-27-22(32)29(13-18(31)3-2-10-30)23(33)28(21)12-15-4-6-16(24)7-5-15/h4-9,11,30H,2-3,10,12-13H2,1H3,(H,26,27,32). The van der Waals surface area contributed by atoms with Crippen LogP contribution in [0.2, 0.25) is 5.02 Å². The number of nitrogens with zero attached hydrogens (tertiary/aromatic N) is 4. The average Bonchev–Trinajstić information content (AvgIpc) is 3.18. The fraction of sp³-hybridized carbons (Fsp3) is 0.261. The second-order valence-corrected chi connectivity index (χ2v) is 9.38. The molecule has 2 heterocycles. The molecule has 0 aliphatic heterocycles. The van der Waals surface area contributed by atoms with E-state index in [1.54, 1.807) is 30.3 Å². The van der Waals surface area contributed by atoms with Crippen molar-refractivity contribution in [2.45, 2.75) is 32.9 Å². The van der Waals surface area contributed by atoms with Crippen LogP contribution in [0.25, 0.3) is 10.2 Å². The molecule has 0 aliphatic carbocycles. The molecule has 0 saturated heterocycles. The number of thiazole rings is 1. The van der Waals surface area contributed by atoms with Crippen LogP contribution in [0.15, 0.2) is 52.1 Å². The highest BCUT2D eigenvalue weighted by molar-refractivity contribution is 7.18. The molecule has 0 amide bonds. The summed E-state index contributed by atoms with van der Waals surface area (Å²) in [6, 6.07) is 12.5. The molecule has 0 radical (unpaired) electrons. The van der Waals surface area contributed by atoms with Crippen molar-refractivity contribution in [3.8, 4) is 0 Å². The highest BCUT2D eigenvalue weighted by Crippen LogP contribution is 2.26. The zero-order valence-electron chi connectivity index (χ0n) is 18.3. The smallest absolute Gasteiger partial charge is 0.355 e. The maximum atomic E-state index is 13.3. The number of aliphatic hydroxyl groups excluding tert-OH is 1. The highest BCUT2D eigenvalue weighted by Gasteiger charge is 2.17. The number of aryl methyl sites for hydroxylation is 1. The maximum absolute atomic E-state index is 13.3. The summed E-state index contributed by atoms with van der Waals surface area (Å²) in [5, 5.41) is 13.5. The molecule has 11 heteroatoms. The summed E-state index contributed by atoms with van der Waals surface area (Å²) >= 11 is 7.51. The molecule has 4 rings (SSSR count). The van der Waals surface area contributed by atoms with E-state index in [0.717, 1.165) is 25.4 Å². The molecule has 0 atom stereocenters. The van der Waals surface area contributed by atoms with E-state index in [2.05, 4.69) is 15.3 Å². The Kier molecular flexibility index (Phi) is 7.20. The maximum Gasteiger partial charge on any atom is 0.355 e. The number of aliphatic hydroxyl groups is 1. The fourth-order valence-corrected chi connectivity index (χ4v) is 4.45. The third-order valence-corrected chi connectivity index (χ3v) is 6.29. The number of carbonyl (C=O) groups excluding carboxylic acids is 1. The molecule has 2 aromatic carbocycles. The van der Waals surface area contributed by atoms with Crippen molar-refractivity contribution in [3.63, 3.8) is 0 Å². The lowest BCUT2D eigenvalue weighted by atomic mass is 10.2. The molecule has 0 fully saturated rings. The van der Waals surface area contributed by atoms with Crippen molar-refractivity contribution in [2.24, 2.45) is 0 Å². The van der Waals surface area contributed by atoms with Crippen LogP contribution < -0.4 is 16.7 Å². The molecule has 0 spiro atoms. The Bertz CT molecular complexity index is 1460. The Labute approximate surface area is 203 Å². The van der Waals surface area contributed by atoms with Crippen molar-refractivity contribution < 1.29 is 9.90 Å². The predicted molar refractivity (Wildman–Crippen MR) is 132 cm³/mol. The van der Waals surface area contributed by atoms with E-state index in [4.69, 9.17) is 16.7 Å². The quantitative estimate of drug-likeness (QED) is 0.363. The van der Waals surface area contributed by atoms with Crippen LogP contribution in [0.4, 0.5) is 11.6 Å². The van der Waals surface area contributed by atoms with E-state index >= 15 is 0 Å². The summed E-state index contributed by atoms with van der Waals surface area (Å²) in [5.41, 5.74) is 0.776. The molecule has 2 N–H and O–H groups in total. The topological polar surface area (TPSA) is 119 Å². The normalized spacial score (nSPS) is 11.1. The number of ketones is 1. The van der Waals surface area contributed by atoms with E-state index in [1.165, 1.54) is 15.9 Å². The van der Waals surface area contributed by atoms with Gasteiger partial charge in [-0.25, -0.2) is 19.1 Å². The van der Waals surface area contributed by atoms with Crippen LogP contribution in [0.3, 0.4) is 0 Å². The van der Waals surface area contributed by atoms with Gasteiger partial charge < -0.3 is 10.4 Å². The van der Waals surface area contributed by atoms with Gasteiger partial charge in [0.1, 0.15) is 0 Å². The number of Topliss-reactive ketones (excluding diaryl/α,β-unsaturated/α-hetero) is 1. The van der Waals surface area contributed by atoms with E-state index in [1.807, 2.05) is 19.1 Å². The zero-order valence-corrected chi connectivity index (χ0v) is 19.9. The van der Waals surface area contributed by atoms with E-state index < -0.39 is 17.9 Å². The van der Waals surface area contributed by atoms with Gasteiger partial charge in [-0.3, -0.25) is 9.36 Å². The third-order valence-electron chi connectivity index (χ3n) is 5.10. The van der Waals surface area contributed by atoms with Crippen molar-refractivity contribution in [1.29, 1.82) is 0 Å². The first-order valence-corrected chi connectivity index (χ1v) is 11.8. The minimum absolute atomic E-state index is 0.0598. The van der Waals surface area contributed by atoms with Crippen LogP contribution in [0.5, 0.6) is 0 Å². The van der Waals surface area contributed by atoms with Gasteiger partial charge in [0.25, 0.3) is 0 Å². The Morgan fingerprint density at radius 3 is 2.62 bits per heavy atom. The first-order chi connectivity index (χ1) is 16.3. The Morgan fingerprint density at radius 2 is 1.88 bits per heavy atom. The van der Waals surface area contributed by atoms with Gasteiger partial charge in [-0.1, -0.05) is 23.7 Å². The molecule has 9 nitrogen and oxygen atoms in total. The van der Waals surface area contributed by atoms with Gasteiger partial charge in [0, 0.05) is 23.7 Å². The molecule has 34 heavy (non-hydrogen) atoms. The number of hydrogen-bond donors (Lipinski definition) is 2. The van der Waals surface area contributed by atoms with Gasteiger partial charge in [-0.2, -0.15) is 4.98 Å².